The van der Waals surface area contributed by atoms with Crippen molar-refractivity contribution in [2.24, 2.45) is 0 Å². The second-order valence-corrected chi connectivity index (χ2v) is 7.08. The first-order valence-electron chi connectivity index (χ1n) is 8.81. The number of nitrogen functional groups attached to an aromatic ring is 1. The van der Waals surface area contributed by atoms with Gasteiger partial charge in [0, 0.05) is 22.2 Å². The van der Waals surface area contributed by atoms with Gasteiger partial charge in [-0.25, -0.2) is 0 Å². The van der Waals surface area contributed by atoms with Crippen LogP contribution >= 0.6 is 11.3 Å². The van der Waals surface area contributed by atoms with Gasteiger partial charge in [0.05, 0.1) is 21.3 Å². The van der Waals surface area contributed by atoms with Gasteiger partial charge in [0.25, 0.3) is 0 Å². The molecule has 2 N–H and O–H groups in total. The number of ketones is 1. The summed E-state index contributed by atoms with van der Waals surface area (Å²) in [6.45, 7) is 0. The molecule has 28 heavy (non-hydrogen) atoms. The van der Waals surface area contributed by atoms with E-state index in [0.717, 1.165) is 24.0 Å². The molecule has 0 radical (unpaired) electrons. The summed E-state index contributed by atoms with van der Waals surface area (Å²) >= 11 is 1.49. The van der Waals surface area contributed by atoms with Crippen molar-refractivity contribution in [2.75, 3.05) is 27.1 Å². The minimum absolute atomic E-state index is 0.0464. The number of ether oxygens (including phenoxy) is 3. The standard InChI is InChI=1S/C22H23NO4S/c1-25-19-11-15(12-20(26-2)22(19)27-3)5-4-14-6-7-17(18(23)10-14)21(24)16-8-9-28-13-16/h6-13H,4-5,23H2,1-3H3. The number of anilines is 1. The van der Waals surface area contributed by atoms with Crippen molar-refractivity contribution in [3.63, 3.8) is 0 Å². The van der Waals surface area contributed by atoms with E-state index in [4.69, 9.17) is 19.9 Å². The molecule has 2 aromatic carbocycles. The van der Waals surface area contributed by atoms with Crippen LogP contribution in [0.1, 0.15) is 27.0 Å². The first-order chi connectivity index (χ1) is 13.6. The lowest BCUT2D eigenvalue weighted by Crippen LogP contribution is -2.05. The summed E-state index contributed by atoms with van der Waals surface area (Å²) in [7, 11) is 4.79. The summed E-state index contributed by atoms with van der Waals surface area (Å²) in [6.07, 6.45) is 1.55. The average Bonchev–Trinajstić information content (AvgIpc) is 3.25. The smallest absolute Gasteiger partial charge is 0.203 e. The molecular weight excluding hydrogens is 374 g/mol. The second kappa shape index (κ2) is 8.80. The Morgan fingerprint density at radius 3 is 2.14 bits per heavy atom. The molecule has 3 rings (SSSR count). The van der Waals surface area contributed by atoms with E-state index in [-0.39, 0.29) is 5.78 Å². The minimum atomic E-state index is -0.0464. The van der Waals surface area contributed by atoms with Crippen LogP contribution in [0.2, 0.25) is 0 Å². The molecule has 1 heterocycles. The van der Waals surface area contributed by atoms with Gasteiger partial charge in [-0.1, -0.05) is 6.07 Å². The van der Waals surface area contributed by atoms with E-state index in [1.165, 1.54) is 11.3 Å². The minimum Gasteiger partial charge on any atom is -0.493 e. The number of nitrogens with two attached hydrogens (primary N) is 1. The number of benzene rings is 2. The molecule has 0 unspecified atom stereocenters. The highest BCUT2D eigenvalue weighted by Gasteiger charge is 2.15. The van der Waals surface area contributed by atoms with Crippen LogP contribution in [0.25, 0.3) is 0 Å². The SMILES string of the molecule is COc1cc(CCc2ccc(C(=O)c3ccsc3)c(N)c2)cc(OC)c1OC. The third-order valence-electron chi connectivity index (χ3n) is 4.57. The van der Waals surface area contributed by atoms with Crippen molar-refractivity contribution in [1.29, 1.82) is 0 Å². The molecule has 0 amide bonds. The van der Waals surface area contributed by atoms with Gasteiger partial charge in [-0.2, -0.15) is 11.3 Å². The van der Waals surface area contributed by atoms with E-state index >= 15 is 0 Å². The van der Waals surface area contributed by atoms with Crippen LogP contribution in [-0.2, 0) is 12.8 Å². The fourth-order valence-electron chi connectivity index (χ4n) is 3.09. The maximum Gasteiger partial charge on any atom is 0.203 e. The van der Waals surface area contributed by atoms with E-state index in [0.29, 0.717) is 34.1 Å². The summed E-state index contributed by atoms with van der Waals surface area (Å²) in [4.78, 5) is 12.5. The first-order valence-corrected chi connectivity index (χ1v) is 9.75. The highest BCUT2D eigenvalue weighted by Crippen LogP contribution is 2.38. The third-order valence-corrected chi connectivity index (χ3v) is 5.25. The quantitative estimate of drug-likeness (QED) is 0.451. The zero-order valence-corrected chi connectivity index (χ0v) is 17.0. The van der Waals surface area contributed by atoms with Crippen LogP contribution in [0.5, 0.6) is 17.2 Å². The van der Waals surface area contributed by atoms with Crippen molar-refractivity contribution in [1.82, 2.24) is 0 Å². The summed E-state index contributed by atoms with van der Waals surface area (Å²) in [5.74, 6) is 1.80. The Bertz CT molecular complexity index is 942. The van der Waals surface area contributed by atoms with Gasteiger partial charge in [0.15, 0.2) is 17.3 Å². The number of rotatable bonds is 8. The fraction of sp³-hybridized carbons (Fsp3) is 0.227. The van der Waals surface area contributed by atoms with Gasteiger partial charge < -0.3 is 19.9 Å². The zero-order valence-electron chi connectivity index (χ0n) is 16.2. The number of carbonyl (C=O) groups is 1. The lowest BCUT2D eigenvalue weighted by Gasteiger charge is -2.14. The lowest BCUT2D eigenvalue weighted by atomic mass is 9.98. The van der Waals surface area contributed by atoms with E-state index in [1.54, 1.807) is 27.4 Å². The van der Waals surface area contributed by atoms with Crippen LogP contribution in [0.4, 0.5) is 5.69 Å². The third kappa shape index (κ3) is 4.12. The largest absolute Gasteiger partial charge is 0.493 e. The number of aryl methyl sites for hydroxylation is 2. The van der Waals surface area contributed by atoms with E-state index < -0.39 is 0 Å². The van der Waals surface area contributed by atoms with Crippen molar-refractivity contribution in [3.05, 3.63) is 69.4 Å². The van der Waals surface area contributed by atoms with Crippen molar-refractivity contribution in [2.45, 2.75) is 12.8 Å². The molecule has 3 aromatic rings. The van der Waals surface area contributed by atoms with Gasteiger partial charge in [-0.3, -0.25) is 4.79 Å². The lowest BCUT2D eigenvalue weighted by molar-refractivity contribution is 0.104. The van der Waals surface area contributed by atoms with Crippen LogP contribution in [0.3, 0.4) is 0 Å². The molecular formula is C22H23NO4S. The van der Waals surface area contributed by atoms with Crippen LogP contribution in [0.15, 0.2) is 47.2 Å². The van der Waals surface area contributed by atoms with Gasteiger partial charge in [0.1, 0.15) is 0 Å². The summed E-state index contributed by atoms with van der Waals surface area (Å²) in [5, 5.41) is 3.72. The molecule has 0 saturated carbocycles. The molecule has 0 atom stereocenters. The van der Waals surface area contributed by atoms with Crippen LogP contribution in [-0.4, -0.2) is 27.1 Å². The van der Waals surface area contributed by atoms with E-state index in [9.17, 15) is 4.79 Å². The Labute approximate surface area is 168 Å². The van der Waals surface area contributed by atoms with Crippen LogP contribution < -0.4 is 19.9 Å². The molecule has 6 heteroatoms. The van der Waals surface area contributed by atoms with E-state index in [2.05, 4.69) is 0 Å². The van der Waals surface area contributed by atoms with Crippen LogP contribution in [0, 0.1) is 0 Å². The molecule has 0 saturated heterocycles. The van der Waals surface area contributed by atoms with Gasteiger partial charge in [-0.15, -0.1) is 0 Å². The van der Waals surface area contributed by atoms with Crippen molar-refractivity contribution in [3.8, 4) is 17.2 Å². The summed E-state index contributed by atoms with van der Waals surface area (Å²) in [6, 6.07) is 11.3. The molecule has 146 valence electrons. The highest BCUT2D eigenvalue weighted by molar-refractivity contribution is 7.08. The summed E-state index contributed by atoms with van der Waals surface area (Å²) < 4.78 is 16.2. The molecule has 5 nitrogen and oxygen atoms in total. The van der Waals surface area contributed by atoms with E-state index in [1.807, 2.05) is 41.1 Å². The monoisotopic (exact) mass is 397 g/mol. The first kappa shape index (κ1) is 19.8. The van der Waals surface area contributed by atoms with Gasteiger partial charge in [0.2, 0.25) is 5.75 Å². The Kier molecular flexibility index (Phi) is 6.21. The normalized spacial score (nSPS) is 10.5. The Morgan fingerprint density at radius 1 is 0.929 bits per heavy atom. The molecule has 0 fully saturated rings. The van der Waals surface area contributed by atoms with Gasteiger partial charge in [-0.05, 0) is 59.7 Å². The van der Waals surface area contributed by atoms with Crippen molar-refractivity contribution < 1.29 is 19.0 Å². The molecule has 1 aromatic heterocycles. The predicted octanol–water partition coefficient (Wildman–Crippen LogP) is 4.37. The Morgan fingerprint density at radius 2 is 1.61 bits per heavy atom. The Balaban J connectivity index is 1.76. The molecule has 0 aliphatic carbocycles. The van der Waals surface area contributed by atoms with Gasteiger partial charge >= 0.3 is 0 Å². The molecule has 0 bridgehead atoms. The number of hydrogen-bond donors (Lipinski definition) is 1. The highest BCUT2D eigenvalue weighted by atomic mass is 32.1. The molecule has 0 aliphatic rings. The molecule has 0 aliphatic heterocycles. The number of methoxy groups -OCH3 is 3. The predicted molar refractivity (Wildman–Crippen MR) is 112 cm³/mol. The summed E-state index contributed by atoms with van der Waals surface area (Å²) in [5.41, 5.74) is 9.98. The number of hydrogen-bond acceptors (Lipinski definition) is 6. The second-order valence-electron chi connectivity index (χ2n) is 6.30. The zero-order chi connectivity index (χ0) is 20.1. The maximum atomic E-state index is 12.5. The number of thiophene rings is 1. The maximum absolute atomic E-state index is 12.5. The average molecular weight is 397 g/mol. The fourth-order valence-corrected chi connectivity index (χ4v) is 3.73. The Hall–Kier alpha value is -2.99. The number of carbonyl (C=O) groups excluding carboxylic acids is 1. The topological polar surface area (TPSA) is 70.8 Å². The van der Waals surface area contributed by atoms with Crippen molar-refractivity contribution >= 4 is 22.8 Å². The molecule has 0 spiro atoms.